The smallest absolute Gasteiger partial charge is 0.407 e. The third-order valence-corrected chi connectivity index (χ3v) is 4.63. The Bertz CT molecular complexity index is 585. The SMILES string of the molecule is O=C(CCN1CC2CC(C1)N2C(=O)O)Nc1cc(Br)ccn1. The van der Waals surface area contributed by atoms with Gasteiger partial charge in [-0.05, 0) is 18.6 Å². The Morgan fingerprint density at radius 3 is 2.77 bits per heavy atom. The van der Waals surface area contributed by atoms with Crippen LogP contribution in [0.2, 0.25) is 0 Å². The number of piperazine rings is 1. The molecule has 0 spiro atoms. The van der Waals surface area contributed by atoms with Gasteiger partial charge in [-0.15, -0.1) is 0 Å². The van der Waals surface area contributed by atoms with E-state index in [1.165, 1.54) is 4.90 Å². The number of halogens is 1. The van der Waals surface area contributed by atoms with E-state index in [0.717, 1.165) is 10.9 Å². The van der Waals surface area contributed by atoms with E-state index in [1.54, 1.807) is 18.3 Å². The van der Waals surface area contributed by atoms with Crippen LogP contribution in [0.1, 0.15) is 12.8 Å². The molecule has 2 bridgehead atoms. The zero-order chi connectivity index (χ0) is 15.7. The first-order valence-electron chi connectivity index (χ1n) is 7.18. The van der Waals surface area contributed by atoms with Gasteiger partial charge >= 0.3 is 6.09 Å². The van der Waals surface area contributed by atoms with Crippen molar-refractivity contribution in [2.75, 3.05) is 25.0 Å². The molecule has 2 atom stereocenters. The Labute approximate surface area is 136 Å². The summed E-state index contributed by atoms with van der Waals surface area (Å²) in [7, 11) is 0. The zero-order valence-electron chi connectivity index (χ0n) is 11.9. The number of carbonyl (C=O) groups excluding carboxylic acids is 1. The largest absolute Gasteiger partial charge is 0.465 e. The second-order valence-corrected chi connectivity index (χ2v) is 6.57. The van der Waals surface area contributed by atoms with E-state index >= 15 is 0 Å². The molecule has 0 saturated carbocycles. The first-order valence-corrected chi connectivity index (χ1v) is 7.97. The maximum Gasteiger partial charge on any atom is 0.407 e. The minimum absolute atomic E-state index is 0.0834. The maximum atomic E-state index is 11.9. The minimum atomic E-state index is -0.834. The highest BCUT2D eigenvalue weighted by Gasteiger charge is 2.47. The van der Waals surface area contributed by atoms with Crippen molar-refractivity contribution in [3.63, 3.8) is 0 Å². The molecule has 4 heterocycles. The number of nitrogens with one attached hydrogen (secondary N) is 1. The number of fused-ring (bicyclic) bond motifs is 2. The summed E-state index contributed by atoms with van der Waals surface area (Å²) >= 11 is 3.33. The summed E-state index contributed by atoms with van der Waals surface area (Å²) < 4.78 is 0.864. The van der Waals surface area contributed by atoms with Crippen molar-refractivity contribution in [3.05, 3.63) is 22.8 Å². The summed E-state index contributed by atoms with van der Waals surface area (Å²) in [6.07, 6.45) is 2.11. The van der Waals surface area contributed by atoms with E-state index in [-0.39, 0.29) is 18.0 Å². The third kappa shape index (κ3) is 3.22. The molecule has 1 aromatic rings. The second kappa shape index (κ2) is 6.21. The molecule has 7 nitrogen and oxygen atoms in total. The lowest BCUT2D eigenvalue weighted by Gasteiger charge is -2.54. The molecule has 8 heteroatoms. The van der Waals surface area contributed by atoms with Crippen LogP contribution in [0.3, 0.4) is 0 Å². The quantitative estimate of drug-likeness (QED) is 0.842. The highest BCUT2D eigenvalue weighted by atomic mass is 79.9. The maximum absolute atomic E-state index is 11.9. The number of hydrogen-bond acceptors (Lipinski definition) is 4. The molecule has 3 saturated heterocycles. The van der Waals surface area contributed by atoms with Crippen LogP contribution < -0.4 is 5.32 Å². The van der Waals surface area contributed by atoms with Gasteiger partial charge in [-0.1, -0.05) is 15.9 Å². The molecule has 4 rings (SSSR count). The van der Waals surface area contributed by atoms with Gasteiger partial charge in [-0.2, -0.15) is 0 Å². The van der Waals surface area contributed by atoms with E-state index < -0.39 is 6.09 Å². The minimum Gasteiger partial charge on any atom is -0.465 e. The molecule has 3 fully saturated rings. The molecule has 2 unspecified atom stereocenters. The molecular formula is C14H17BrN4O3. The van der Waals surface area contributed by atoms with Crippen LogP contribution in [0.25, 0.3) is 0 Å². The molecule has 0 aliphatic carbocycles. The van der Waals surface area contributed by atoms with Gasteiger partial charge in [0.2, 0.25) is 5.91 Å². The fourth-order valence-corrected chi connectivity index (χ4v) is 3.47. The standard InChI is InChI=1S/C14H17BrN4O3/c15-9-1-3-16-12(5-9)17-13(20)2-4-18-7-10-6-11(8-18)19(10)14(21)22/h1,3,5,10-11H,2,4,6-8H2,(H,21,22)(H,16,17,20). The highest BCUT2D eigenvalue weighted by Crippen LogP contribution is 2.32. The lowest BCUT2D eigenvalue weighted by molar-refractivity contribution is -0.117. The van der Waals surface area contributed by atoms with Crippen molar-refractivity contribution in [2.24, 2.45) is 0 Å². The first-order chi connectivity index (χ1) is 10.5. The van der Waals surface area contributed by atoms with Crippen LogP contribution in [0.4, 0.5) is 10.6 Å². The number of anilines is 1. The van der Waals surface area contributed by atoms with Crippen LogP contribution in [-0.4, -0.2) is 63.6 Å². The molecule has 2 amide bonds. The van der Waals surface area contributed by atoms with Gasteiger partial charge in [-0.25, -0.2) is 9.78 Å². The van der Waals surface area contributed by atoms with Crippen LogP contribution >= 0.6 is 15.9 Å². The van der Waals surface area contributed by atoms with Gasteiger partial charge in [0.25, 0.3) is 0 Å². The molecule has 1 aromatic heterocycles. The van der Waals surface area contributed by atoms with E-state index in [2.05, 4.69) is 31.1 Å². The average Bonchev–Trinajstić information content (AvgIpc) is 2.44. The summed E-state index contributed by atoms with van der Waals surface area (Å²) in [6, 6.07) is 3.72. The fraction of sp³-hybridized carbons (Fsp3) is 0.500. The Balaban J connectivity index is 1.44. The number of pyridine rings is 1. The zero-order valence-corrected chi connectivity index (χ0v) is 13.5. The molecule has 0 aromatic carbocycles. The highest BCUT2D eigenvalue weighted by molar-refractivity contribution is 9.10. The number of carbonyl (C=O) groups is 2. The van der Waals surface area contributed by atoms with Crippen molar-refractivity contribution in [2.45, 2.75) is 24.9 Å². The van der Waals surface area contributed by atoms with E-state index in [1.807, 2.05) is 0 Å². The van der Waals surface area contributed by atoms with Crippen molar-refractivity contribution in [3.8, 4) is 0 Å². The number of hydrogen-bond donors (Lipinski definition) is 2. The van der Waals surface area contributed by atoms with Gasteiger partial charge in [0.15, 0.2) is 0 Å². The Kier molecular flexibility index (Phi) is 4.30. The molecule has 118 valence electrons. The molecule has 3 aliphatic heterocycles. The van der Waals surface area contributed by atoms with Gasteiger partial charge in [0.1, 0.15) is 5.82 Å². The van der Waals surface area contributed by atoms with Crippen molar-refractivity contribution >= 4 is 33.7 Å². The predicted octanol–water partition coefficient (Wildman–Crippen LogP) is 1.61. The Morgan fingerprint density at radius 2 is 2.14 bits per heavy atom. The summed E-state index contributed by atoms with van der Waals surface area (Å²) in [6.45, 7) is 2.07. The van der Waals surface area contributed by atoms with Gasteiger partial charge < -0.3 is 10.4 Å². The van der Waals surface area contributed by atoms with Gasteiger partial charge in [0, 0.05) is 36.7 Å². The fourth-order valence-electron chi connectivity index (χ4n) is 3.13. The van der Waals surface area contributed by atoms with Crippen LogP contribution in [-0.2, 0) is 4.79 Å². The van der Waals surface area contributed by atoms with Crippen LogP contribution in [0.15, 0.2) is 22.8 Å². The number of aromatic nitrogens is 1. The van der Waals surface area contributed by atoms with E-state index in [9.17, 15) is 9.59 Å². The number of piperidine rings is 1. The van der Waals surface area contributed by atoms with Gasteiger partial charge in [0.05, 0.1) is 12.1 Å². The summed E-state index contributed by atoms with van der Waals surface area (Å²) in [5.41, 5.74) is 0. The lowest BCUT2D eigenvalue weighted by Crippen LogP contribution is -2.69. The van der Waals surface area contributed by atoms with Crippen LogP contribution in [0.5, 0.6) is 0 Å². The Hall–Kier alpha value is -1.67. The van der Waals surface area contributed by atoms with E-state index in [0.29, 0.717) is 31.9 Å². The average molecular weight is 369 g/mol. The number of nitrogens with zero attached hydrogens (tertiary/aromatic N) is 3. The predicted molar refractivity (Wildman–Crippen MR) is 83.7 cm³/mol. The molecular weight excluding hydrogens is 352 g/mol. The number of carboxylic acid groups (broad SMARTS) is 1. The monoisotopic (exact) mass is 368 g/mol. The van der Waals surface area contributed by atoms with Gasteiger partial charge in [-0.3, -0.25) is 14.6 Å². The summed E-state index contributed by atoms with van der Waals surface area (Å²) in [5.74, 6) is 0.442. The lowest BCUT2D eigenvalue weighted by atomic mass is 9.88. The van der Waals surface area contributed by atoms with Crippen molar-refractivity contribution in [1.29, 1.82) is 0 Å². The molecule has 2 N–H and O–H groups in total. The normalized spacial score (nSPS) is 23.8. The molecule has 0 radical (unpaired) electrons. The molecule has 22 heavy (non-hydrogen) atoms. The molecule has 3 aliphatic rings. The number of rotatable bonds is 4. The third-order valence-electron chi connectivity index (χ3n) is 4.13. The first kappa shape index (κ1) is 15.2. The van der Waals surface area contributed by atoms with Crippen LogP contribution in [0, 0.1) is 0 Å². The second-order valence-electron chi connectivity index (χ2n) is 5.65. The summed E-state index contributed by atoms with van der Waals surface area (Å²) in [5, 5.41) is 11.8. The topological polar surface area (TPSA) is 85.8 Å². The number of amides is 2. The van der Waals surface area contributed by atoms with Crippen molar-refractivity contribution in [1.82, 2.24) is 14.8 Å². The van der Waals surface area contributed by atoms with E-state index in [4.69, 9.17) is 5.11 Å². The van der Waals surface area contributed by atoms with Crippen molar-refractivity contribution < 1.29 is 14.7 Å². The Morgan fingerprint density at radius 1 is 1.41 bits per heavy atom. The summed E-state index contributed by atoms with van der Waals surface area (Å²) in [4.78, 5) is 30.7.